The van der Waals surface area contributed by atoms with E-state index in [-0.39, 0.29) is 18.0 Å². The van der Waals surface area contributed by atoms with Gasteiger partial charge < -0.3 is 20.5 Å². The molecular weight excluding hydrogens is 308 g/mol. The zero-order valence-corrected chi connectivity index (χ0v) is 14.1. The smallest absolute Gasteiger partial charge is 0.319 e. The summed E-state index contributed by atoms with van der Waals surface area (Å²) in [6.07, 6.45) is 4.69. The molecule has 1 saturated carbocycles. The SMILES string of the molecule is CCCCOc1cccc(NC(=O)NC2CCC(C(=O)O)CC2)c1. The second-order valence-corrected chi connectivity index (χ2v) is 6.22. The van der Waals surface area contributed by atoms with Crippen LogP contribution < -0.4 is 15.4 Å². The number of anilines is 1. The maximum atomic E-state index is 12.1. The van der Waals surface area contributed by atoms with E-state index in [1.54, 1.807) is 6.07 Å². The van der Waals surface area contributed by atoms with E-state index >= 15 is 0 Å². The highest BCUT2D eigenvalue weighted by atomic mass is 16.5. The molecule has 132 valence electrons. The van der Waals surface area contributed by atoms with Crippen molar-refractivity contribution in [2.75, 3.05) is 11.9 Å². The highest BCUT2D eigenvalue weighted by molar-refractivity contribution is 5.89. The summed E-state index contributed by atoms with van der Waals surface area (Å²) in [5.41, 5.74) is 0.681. The Balaban J connectivity index is 1.78. The second kappa shape index (κ2) is 9.15. The molecule has 1 aliphatic carbocycles. The van der Waals surface area contributed by atoms with E-state index in [0.717, 1.165) is 18.6 Å². The number of carboxylic acid groups (broad SMARTS) is 1. The van der Waals surface area contributed by atoms with Gasteiger partial charge in [0.2, 0.25) is 0 Å². The normalized spacial score (nSPS) is 20.2. The summed E-state index contributed by atoms with van der Waals surface area (Å²) in [6.45, 7) is 2.77. The maximum Gasteiger partial charge on any atom is 0.319 e. The van der Waals surface area contributed by atoms with Gasteiger partial charge in [-0.1, -0.05) is 19.4 Å². The molecule has 0 bridgehead atoms. The molecule has 0 atom stereocenters. The second-order valence-electron chi connectivity index (χ2n) is 6.22. The molecule has 0 heterocycles. The summed E-state index contributed by atoms with van der Waals surface area (Å²) in [5.74, 6) is -0.274. The third kappa shape index (κ3) is 5.76. The van der Waals surface area contributed by atoms with Crippen LogP contribution in [0.15, 0.2) is 24.3 Å². The highest BCUT2D eigenvalue weighted by Gasteiger charge is 2.26. The maximum absolute atomic E-state index is 12.1. The van der Waals surface area contributed by atoms with E-state index in [2.05, 4.69) is 17.6 Å². The van der Waals surface area contributed by atoms with Crippen molar-refractivity contribution in [3.8, 4) is 5.75 Å². The van der Waals surface area contributed by atoms with Crippen LogP contribution in [-0.4, -0.2) is 29.8 Å². The van der Waals surface area contributed by atoms with E-state index in [1.165, 1.54) is 0 Å². The molecule has 0 aliphatic heterocycles. The lowest BCUT2D eigenvalue weighted by atomic mass is 9.86. The first-order chi connectivity index (χ1) is 11.6. The predicted molar refractivity (Wildman–Crippen MR) is 92.4 cm³/mol. The highest BCUT2D eigenvalue weighted by Crippen LogP contribution is 2.24. The number of nitrogens with one attached hydrogen (secondary N) is 2. The first-order valence-corrected chi connectivity index (χ1v) is 8.61. The fraction of sp³-hybridized carbons (Fsp3) is 0.556. The number of hydrogen-bond donors (Lipinski definition) is 3. The van der Waals surface area contributed by atoms with Crippen molar-refractivity contribution >= 4 is 17.7 Å². The van der Waals surface area contributed by atoms with Crippen molar-refractivity contribution in [3.05, 3.63) is 24.3 Å². The van der Waals surface area contributed by atoms with Gasteiger partial charge >= 0.3 is 12.0 Å². The van der Waals surface area contributed by atoms with Crippen molar-refractivity contribution in [2.24, 2.45) is 5.92 Å². The van der Waals surface area contributed by atoms with Crippen molar-refractivity contribution in [3.63, 3.8) is 0 Å². The summed E-state index contributed by atoms with van der Waals surface area (Å²) in [6, 6.07) is 7.09. The molecule has 2 amide bonds. The van der Waals surface area contributed by atoms with Crippen LogP contribution in [0.3, 0.4) is 0 Å². The molecule has 1 aliphatic rings. The van der Waals surface area contributed by atoms with Gasteiger partial charge in [0.25, 0.3) is 0 Å². The molecule has 0 saturated heterocycles. The zero-order valence-electron chi connectivity index (χ0n) is 14.1. The molecule has 1 aromatic carbocycles. The van der Waals surface area contributed by atoms with Gasteiger partial charge in [-0.05, 0) is 44.2 Å². The molecule has 3 N–H and O–H groups in total. The molecule has 6 nitrogen and oxygen atoms in total. The van der Waals surface area contributed by atoms with Gasteiger partial charge in [0.1, 0.15) is 5.75 Å². The molecular formula is C18H26N2O4. The van der Waals surface area contributed by atoms with Crippen molar-refractivity contribution in [1.29, 1.82) is 0 Å². The van der Waals surface area contributed by atoms with Gasteiger partial charge in [0, 0.05) is 17.8 Å². The standard InChI is InChI=1S/C18H26N2O4/c1-2-3-11-24-16-6-4-5-15(12-16)20-18(23)19-14-9-7-13(8-10-14)17(21)22/h4-6,12-14H,2-3,7-11H2,1H3,(H,21,22)(H2,19,20,23). The minimum atomic E-state index is -0.738. The van der Waals surface area contributed by atoms with Crippen LogP contribution in [0.4, 0.5) is 10.5 Å². The van der Waals surface area contributed by atoms with Gasteiger partial charge in [-0.3, -0.25) is 4.79 Å². The molecule has 0 unspecified atom stereocenters. The summed E-state index contributed by atoms with van der Waals surface area (Å²) < 4.78 is 5.63. The van der Waals surface area contributed by atoms with E-state index in [1.807, 2.05) is 18.2 Å². The first kappa shape index (κ1) is 18.1. The lowest BCUT2D eigenvalue weighted by Gasteiger charge is -2.26. The molecule has 24 heavy (non-hydrogen) atoms. The number of benzene rings is 1. The summed E-state index contributed by atoms with van der Waals surface area (Å²) in [5, 5.41) is 14.7. The van der Waals surface area contributed by atoms with Gasteiger partial charge in [-0.15, -0.1) is 0 Å². The fourth-order valence-corrected chi connectivity index (χ4v) is 2.84. The van der Waals surface area contributed by atoms with Crippen molar-refractivity contribution in [1.82, 2.24) is 5.32 Å². The van der Waals surface area contributed by atoms with Crippen molar-refractivity contribution in [2.45, 2.75) is 51.5 Å². The third-order valence-corrected chi connectivity index (χ3v) is 4.27. The number of aliphatic carboxylic acids is 1. The average Bonchev–Trinajstić information content (AvgIpc) is 2.56. The number of carbonyl (C=O) groups is 2. The molecule has 6 heteroatoms. The zero-order chi connectivity index (χ0) is 17.4. The number of unbranched alkanes of at least 4 members (excludes halogenated alkanes) is 1. The number of urea groups is 1. The summed E-state index contributed by atoms with van der Waals surface area (Å²) in [7, 11) is 0. The Morgan fingerprint density at radius 1 is 1.25 bits per heavy atom. The quantitative estimate of drug-likeness (QED) is 0.664. The third-order valence-electron chi connectivity index (χ3n) is 4.27. The van der Waals surface area contributed by atoms with Crippen LogP contribution >= 0.6 is 0 Å². The van der Waals surface area contributed by atoms with E-state index in [4.69, 9.17) is 9.84 Å². The largest absolute Gasteiger partial charge is 0.494 e. The number of ether oxygens (including phenoxy) is 1. The van der Waals surface area contributed by atoms with Crippen molar-refractivity contribution < 1.29 is 19.4 Å². The Bertz CT molecular complexity index is 554. The summed E-state index contributed by atoms with van der Waals surface area (Å²) in [4.78, 5) is 23.0. The van der Waals surface area contributed by atoms with Gasteiger partial charge in [-0.25, -0.2) is 4.79 Å². The fourth-order valence-electron chi connectivity index (χ4n) is 2.84. The Labute approximate surface area is 142 Å². The predicted octanol–water partition coefficient (Wildman–Crippen LogP) is 3.63. The lowest BCUT2D eigenvalue weighted by molar-refractivity contribution is -0.142. The number of rotatable bonds is 7. The van der Waals surface area contributed by atoms with Crippen LogP contribution in [0.1, 0.15) is 45.4 Å². The minimum absolute atomic E-state index is 0.0320. The Hall–Kier alpha value is -2.24. The Morgan fingerprint density at radius 3 is 2.67 bits per heavy atom. The topological polar surface area (TPSA) is 87.7 Å². The van der Waals surface area contributed by atoms with Crippen LogP contribution in [-0.2, 0) is 4.79 Å². The Morgan fingerprint density at radius 2 is 2.00 bits per heavy atom. The molecule has 0 radical (unpaired) electrons. The van der Waals surface area contributed by atoms with E-state index < -0.39 is 5.97 Å². The van der Waals surface area contributed by atoms with E-state index in [9.17, 15) is 9.59 Å². The molecule has 1 fully saturated rings. The molecule has 0 spiro atoms. The number of carbonyl (C=O) groups excluding carboxylic acids is 1. The van der Waals surface area contributed by atoms with Crippen LogP contribution in [0.5, 0.6) is 5.75 Å². The van der Waals surface area contributed by atoms with Crippen LogP contribution in [0, 0.1) is 5.92 Å². The van der Waals surface area contributed by atoms with Gasteiger partial charge in [0.05, 0.1) is 12.5 Å². The van der Waals surface area contributed by atoms with Gasteiger partial charge in [-0.2, -0.15) is 0 Å². The minimum Gasteiger partial charge on any atom is -0.494 e. The monoisotopic (exact) mass is 334 g/mol. The Kier molecular flexibility index (Phi) is 6.90. The number of carboxylic acids is 1. The first-order valence-electron chi connectivity index (χ1n) is 8.61. The summed E-state index contributed by atoms with van der Waals surface area (Å²) >= 11 is 0. The molecule has 2 rings (SSSR count). The number of hydrogen-bond acceptors (Lipinski definition) is 3. The lowest BCUT2D eigenvalue weighted by Crippen LogP contribution is -2.40. The van der Waals surface area contributed by atoms with E-state index in [0.29, 0.717) is 38.0 Å². The molecule has 1 aromatic rings. The number of amides is 2. The van der Waals surface area contributed by atoms with Crippen LogP contribution in [0.25, 0.3) is 0 Å². The average molecular weight is 334 g/mol. The molecule has 0 aromatic heterocycles. The van der Waals surface area contributed by atoms with Crippen LogP contribution in [0.2, 0.25) is 0 Å². The van der Waals surface area contributed by atoms with Gasteiger partial charge in [0.15, 0.2) is 0 Å².